The van der Waals surface area contributed by atoms with Crippen LogP contribution in [-0.4, -0.2) is 40.1 Å². The summed E-state index contributed by atoms with van der Waals surface area (Å²) < 4.78 is 13.5. The molecule has 128 valence electrons. The minimum absolute atomic E-state index is 0.00254. The molecule has 2 heterocycles. The second-order valence-electron chi connectivity index (χ2n) is 5.90. The third kappa shape index (κ3) is 3.92. The number of β-amino-alcohol motifs (C(OH)–C–C–N with tert-alkyl or cyclic N) is 1. The first-order valence-electron chi connectivity index (χ1n) is 7.90. The number of aliphatic hydroxyl groups excluding tert-OH is 1. The number of benzene rings is 1. The van der Waals surface area contributed by atoms with Crippen molar-refractivity contribution < 1.29 is 14.3 Å². The lowest BCUT2D eigenvalue weighted by Gasteiger charge is -2.25. The van der Waals surface area contributed by atoms with Gasteiger partial charge >= 0.3 is 0 Å². The predicted octanol–water partition coefficient (Wildman–Crippen LogP) is 1.84. The summed E-state index contributed by atoms with van der Waals surface area (Å²) in [6.07, 6.45) is 1.16. The third-order valence-electron chi connectivity index (χ3n) is 4.15. The first kappa shape index (κ1) is 16.9. The molecule has 2 aromatic rings. The smallest absolute Gasteiger partial charge is 0.242 e. The molecule has 0 bridgehead atoms. The number of nitrogens with one attached hydrogen (secondary N) is 1. The number of hydrogen-bond donors (Lipinski definition) is 2. The summed E-state index contributed by atoms with van der Waals surface area (Å²) in [4.78, 5) is 18.1. The van der Waals surface area contributed by atoms with Gasteiger partial charge in [0.1, 0.15) is 17.7 Å². The van der Waals surface area contributed by atoms with E-state index < -0.39 is 6.10 Å². The molecule has 0 unspecified atom stereocenters. The lowest BCUT2D eigenvalue weighted by molar-refractivity contribution is -0.130. The summed E-state index contributed by atoms with van der Waals surface area (Å²) in [6.45, 7) is 0.208. The molecule has 1 aliphatic heterocycles. The molecule has 1 aromatic carbocycles. The Morgan fingerprint density at radius 1 is 1.44 bits per heavy atom. The van der Waals surface area contributed by atoms with E-state index in [0.29, 0.717) is 23.4 Å². The summed E-state index contributed by atoms with van der Waals surface area (Å²) in [6, 6.07) is 10.9. The fourth-order valence-corrected chi connectivity index (χ4v) is 2.95. The Hall–Kier alpha value is -2.98. The van der Waals surface area contributed by atoms with Gasteiger partial charge in [-0.2, -0.15) is 5.26 Å². The zero-order chi connectivity index (χ0) is 17.8. The van der Waals surface area contributed by atoms with Crippen molar-refractivity contribution in [2.45, 2.75) is 18.6 Å². The molecule has 0 spiro atoms. The van der Waals surface area contributed by atoms with E-state index in [1.807, 2.05) is 6.07 Å². The molecule has 0 aliphatic carbocycles. The molecule has 1 aliphatic rings. The van der Waals surface area contributed by atoms with Gasteiger partial charge in [-0.15, -0.1) is 0 Å². The lowest BCUT2D eigenvalue weighted by Crippen LogP contribution is -2.36. The van der Waals surface area contributed by atoms with Crippen molar-refractivity contribution in [3.05, 3.63) is 59.5 Å². The number of carbonyl (C=O) groups is 1. The van der Waals surface area contributed by atoms with E-state index in [9.17, 15) is 14.3 Å². The lowest BCUT2D eigenvalue weighted by atomic mass is 10.0. The second-order valence-corrected chi connectivity index (χ2v) is 5.90. The SMILES string of the molecule is N#Cc1ccc(NCC(=O)N2C[C@H](O)C[C@@H]2c2cccc(F)c2)nc1. The zero-order valence-electron chi connectivity index (χ0n) is 13.4. The Morgan fingerprint density at radius 3 is 2.96 bits per heavy atom. The summed E-state index contributed by atoms with van der Waals surface area (Å²) in [5, 5.41) is 21.6. The van der Waals surface area contributed by atoms with E-state index in [1.165, 1.54) is 18.3 Å². The van der Waals surface area contributed by atoms with Gasteiger partial charge in [-0.3, -0.25) is 4.79 Å². The first-order chi connectivity index (χ1) is 12.1. The van der Waals surface area contributed by atoms with Crippen LogP contribution in [0.1, 0.15) is 23.6 Å². The molecule has 6 nitrogen and oxygen atoms in total. The highest BCUT2D eigenvalue weighted by Gasteiger charge is 2.35. The van der Waals surface area contributed by atoms with Crippen LogP contribution < -0.4 is 5.32 Å². The quantitative estimate of drug-likeness (QED) is 0.886. The Kier molecular flexibility index (Phi) is 4.91. The molecule has 1 fully saturated rings. The molecular weight excluding hydrogens is 323 g/mol. The summed E-state index contributed by atoms with van der Waals surface area (Å²) >= 11 is 0. The van der Waals surface area contributed by atoms with Crippen LogP contribution in [0.2, 0.25) is 0 Å². The van der Waals surface area contributed by atoms with Gasteiger partial charge in [0, 0.05) is 12.7 Å². The average Bonchev–Trinajstić information content (AvgIpc) is 3.02. The summed E-state index contributed by atoms with van der Waals surface area (Å²) in [5.74, 6) is -0.0995. The highest BCUT2D eigenvalue weighted by Crippen LogP contribution is 2.32. The van der Waals surface area contributed by atoms with E-state index in [4.69, 9.17) is 5.26 Å². The fourth-order valence-electron chi connectivity index (χ4n) is 2.95. The molecule has 25 heavy (non-hydrogen) atoms. The Balaban J connectivity index is 1.68. The van der Waals surface area contributed by atoms with E-state index in [1.54, 1.807) is 29.2 Å². The molecule has 1 saturated heterocycles. The molecule has 0 saturated carbocycles. The van der Waals surface area contributed by atoms with Crippen molar-refractivity contribution in [2.75, 3.05) is 18.4 Å². The number of aliphatic hydroxyl groups is 1. The van der Waals surface area contributed by atoms with E-state index in [2.05, 4.69) is 10.3 Å². The number of aromatic nitrogens is 1. The minimum Gasteiger partial charge on any atom is -0.391 e. The molecule has 0 radical (unpaired) electrons. The van der Waals surface area contributed by atoms with E-state index in [0.717, 1.165) is 0 Å². The summed E-state index contributed by atoms with van der Waals surface area (Å²) in [7, 11) is 0. The molecule has 1 amide bonds. The maximum absolute atomic E-state index is 13.5. The van der Waals surface area contributed by atoms with Crippen molar-refractivity contribution in [3.8, 4) is 6.07 Å². The molecule has 1 aromatic heterocycles. The van der Waals surface area contributed by atoms with E-state index >= 15 is 0 Å². The van der Waals surface area contributed by atoms with Crippen molar-refractivity contribution in [2.24, 2.45) is 0 Å². The van der Waals surface area contributed by atoms with Gasteiger partial charge in [0.15, 0.2) is 0 Å². The molecule has 2 N–H and O–H groups in total. The highest BCUT2D eigenvalue weighted by atomic mass is 19.1. The Labute approximate surface area is 144 Å². The van der Waals surface area contributed by atoms with Gasteiger partial charge in [-0.25, -0.2) is 9.37 Å². The molecule has 2 atom stereocenters. The number of carbonyl (C=O) groups excluding carboxylic acids is 1. The average molecular weight is 340 g/mol. The van der Waals surface area contributed by atoms with Crippen LogP contribution in [0, 0.1) is 17.1 Å². The number of halogens is 1. The number of rotatable bonds is 4. The van der Waals surface area contributed by atoms with Crippen LogP contribution in [0.4, 0.5) is 10.2 Å². The number of pyridine rings is 1. The second kappa shape index (κ2) is 7.28. The largest absolute Gasteiger partial charge is 0.391 e. The van der Waals surface area contributed by atoms with Gasteiger partial charge in [0.05, 0.1) is 24.3 Å². The third-order valence-corrected chi connectivity index (χ3v) is 4.15. The molecule has 7 heteroatoms. The van der Waals surface area contributed by atoms with Crippen LogP contribution in [0.25, 0.3) is 0 Å². The van der Waals surface area contributed by atoms with Crippen molar-refractivity contribution >= 4 is 11.7 Å². The minimum atomic E-state index is -0.634. The van der Waals surface area contributed by atoms with Crippen molar-refractivity contribution in [1.29, 1.82) is 5.26 Å². The normalized spacial score (nSPS) is 19.5. The molecular formula is C18H17FN4O2. The number of likely N-dealkylation sites (tertiary alicyclic amines) is 1. The fraction of sp³-hybridized carbons (Fsp3) is 0.278. The Bertz CT molecular complexity index is 803. The van der Waals surface area contributed by atoms with E-state index in [-0.39, 0.29) is 30.9 Å². The maximum Gasteiger partial charge on any atom is 0.242 e. The maximum atomic E-state index is 13.5. The number of nitriles is 1. The van der Waals surface area contributed by atoms with Gasteiger partial charge in [-0.1, -0.05) is 12.1 Å². The highest BCUT2D eigenvalue weighted by molar-refractivity contribution is 5.81. The number of amides is 1. The number of nitrogens with zero attached hydrogens (tertiary/aromatic N) is 3. The number of hydrogen-bond acceptors (Lipinski definition) is 5. The van der Waals surface area contributed by atoms with Gasteiger partial charge in [0.2, 0.25) is 5.91 Å². The van der Waals surface area contributed by atoms with Crippen molar-refractivity contribution in [3.63, 3.8) is 0 Å². The van der Waals surface area contributed by atoms with Crippen LogP contribution >= 0.6 is 0 Å². The monoisotopic (exact) mass is 340 g/mol. The Morgan fingerprint density at radius 2 is 2.28 bits per heavy atom. The van der Waals surface area contributed by atoms with Crippen molar-refractivity contribution in [1.82, 2.24) is 9.88 Å². The topological polar surface area (TPSA) is 89.2 Å². The van der Waals surface area contributed by atoms with Crippen LogP contribution in [0.5, 0.6) is 0 Å². The van der Waals surface area contributed by atoms with Gasteiger partial charge in [-0.05, 0) is 36.2 Å². The van der Waals surface area contributed by atoms with Crippen LogP contribution in [-0.2, 0) is 4.79 Å². The predicted molar refractivity (Wildman–Crippen MR) is 88.9 cm³/mol. The van der Waals surface area contributed by atoms with Crippen LogP contribution in [0.15, 0.2) is 42.6 Å². The first-order valence-corrected chi connectivity index (χ1v) is 7.90. The summed E-state index contributed by atoms with van der Waals surface area (Å²) in [5.41, 5.74) is 1.10. The van der Waals surface area contributed by atoms with Gasteiger partial charge < -0.3 is 15.3 Å². The standard InChI is InChI=1S/C18H17FN4O2/c19-14-3-1-2-13(6-14)16-7-15(24)11-23(16)18(25)10-22-17-5-4-12(8-20)9-21-17/h1-6,9,15-16,24H,7,10-11H2,(H,21,22)/t15-,16-/m1/s1. The van der Waals surface area contributed by atoms with Gasteiger partial charge in [0.25, 0.3) is 0 Å². The van der Waals surface area contributed by atoms with Crippen LogP contribution in [0.3, 0.4) is 0 Å². The molecule has 3 rings (SSSR count). The number of anilines is 1. The zero-order valence-corrected chi connectivity index (χ0v) is 13.4.